The summed E-state index contributed by atoms with van der Waals surface area (Å²) in [4.78, 5) is 16.6. The van der Waals surface area contributed by atoms with Gasteiger partial charge in [-0.3, -0.25) is 10.00 Å². The van der Waals surface area contributed by atoms with Gasteiger partial charge < -0.3 is 9.73 Å². The topological polar surface area (TPSA) is 85.0 Å². The van der Waals surface area contributed by atoms with E-state index in [1.54, 1.807) is 24.1 Å². The third-order valence-corrected chi connectivity index (χ3v) is 3.63. The SMILES string of the molecule is CCc1nc(NC(=O)NC(c2ccccc2)c2ccco2)nn1C. The number of rotatable bonds is 5. The quantitative estimate of drug-likeness (QED) is 0.755. The fourth-order valence-corrected chi connectivity index (χ4v) is 2.47. The maximum Gasteiger partial charge on any atom is 0.322 e. The van der Waals surface area contributed by atoms with Crippen molar-refractivity contribution in [2.75, 3.05) is 5.32 Å². The van der Waals surface area contributed by atoms with Crippen LogP contribution in [0.1, 0.15) is 30.1 Å². The van der Waals surface area contributed by atoms with E-state index >= 15 is 0 Å². The highest BCUT2D eigenvalue weighted by Crippen LogP contribution is 2.22. The zero-order valence-corrected chi connectivity index (χ0v) is 13.6. The van der Waals surface area contributed by atoms with E-state index in [4.69, 9.17) is 4.42 Å². The molecule has 0 spiro atoms. The number of nitrogens with one attached hydrogen (secondary N) is 2. The zero-order valence-electron chi connectivity index (χ0n) is 13.6. The van der Waals surface area contributed by atoms with Crippen molar-refractivity contribution < 1.29 is 9.21 Å². The van der Waals surface area contributed by atoms with Crippen LogP contribution in [0.25, 0.3) is 0 Å². The summed E-state index contributed by atoms with van der Waals surface area (Å²) in [6, 6.07) is 12.4. The molecule has 0 radical (unpaired) electrons. The summed E-state index contributed by atoms with van der Waals surface area (Å²) in [5.41, 5.74) is 0.922. The van der Waals surface area contributed by atoms with Gasteiger partial charge in [-0.05, 0) is 17.7 Å². The van der Waals surface area contributed by atoms with Crippen LogP contribution < -0.4 is 10.6 Å². The first-order valence-electron chi connectivity index (χ1n) is 7.73. The first kappa shape index (κ1) is 15.8. The first-order valence-corrected chi connectivity index (χ1v) is 7.73. The van der Waals surface area contributed by atoms with Crippen LogP contribution in [0.15, 0.2) is 53.1 Å². The van der Waals surface area contributed by atoms with Gasteiger partial charge in [0, 0.05) is 13.5 Å². The second-order valence-electron chi connectivity index (χ2n) is 5.29. The number of hydrogen-bond donors (Lipinski definition) is 2. The summed E-state index contributed by atoms with van der Waals surface area (Å²) in [7, 11) is 1.80. The fourth-order valence-electron chi connectivity index (χ4n) is 2.47. The Bertz CT molecular complexity index is 796. The normalized spacial score (nSPS) is 11.9. The summed E-state index contributed by atoms with van der Waals surface area (Å²) in [6.45, 7) is 1.98. The van der Waals surface area contributed by atoms with Crippen molar-refractivity contribution in [3.05, 3.63) is 65.9 Å². The van der Waals surface area contributed by atoms with Gasteiger partial charge in [0.1, 0.15) is 17.6 Å². The summed E-state index contributed by atoms with van der Waals surface area (Å²) in [6.07, 6.45) is 2.32. The molecular weight excluding hydrogens is 306 g/mol. The standard InChI is InChI=1S/C17H19N5O2/c1-3-14-18-16(21-22(14)2)20-17(23)19-15(13-10-7-11-24-13)12-8-5-4-6-9-12/h4-11,15H,3H2,1-2H3,(H2,19,20,21,23). The molecule has 1 aromatic carbocycles. The van der Waals surface area contributed by atoms with Crippen molar-refractivity contribution in [3.63, 3.8) is 0 Å². The Kier molecular flexibility index (Phi) is 4.60. The lowest BCUT2D eigenvalue weighted by Gasteiger charge is -2.16. The van der Waals surface area contributed by atoms with E-state index in [-0.39, 0.29) is 5.95 Å². The highest BCUT2D eigenvalue weighted by atomic mass is 16.3. The minimum Gasteiger partial charge on any atom is -0.467 e. The number of aryl methyl sites for hydroxylation is 2. The molecule has 3 rings (SSSR count). The van der Waals surface area contributed by atoms with Crippen molar-refractivity contribution in [1.82, 2.24) is 20.1 Å². The highest BCUT2D eigenvalue weighted by Gasteiger charge is 2.20. The Morgan fingerprint density at radius 2 is 2.04 bits per heavy atom. The molecule has 3 aromatic rings. The molecule has 0 fully saturated rings. The Morgan fingerprint density at radius 1 is 1.25 bits per heavy atom. The van der Waals surface area contributed by atoms with Gasteiger partial charge >= 0.3 is 6.03 Å². The summed E-state index contributed by atoms with van der Waals surface area (Å²) in [5.74, 6) is 1.73. The third-order valence-electron chi connectivity index (χ3n) is 3.63. The van der Waals surface area contributed by atoms with E-state index in [0.717, 1.165) is 17.8 Å². The summed E-state index contributed by atoms with van der Waals surface area (Å²) >= 11 is 0. The van der Waals surface area contributed by atoms with Crippen molar-refractivity contribution in [3.8, 4) is 0 Å². The molecule has 0 saturated carbocycles. The zero-order chi connectivity index (χ0) is 16.9. The van der Waals surface area contributed by atoms with Crippen LogP contribution in [0.2, 0.25) is 0 Å². The number of carbonyl (C=O) groups is 1. The molecule has 7 nitrogen and oxygen atoms in total. The molecule has 0 aliphatic carbocycles. The summed E-state index contributed by atoms with van der Waals surface area (Å²) < 4.78 is 7.11. The molecule has 2 aromatic heterocycles. The number of hydrogen-bond acceptors (Lipinski definition) is 4. The van der Waals surface area contributed by atoms with Crippen LogP contribution in [0, 0.1) is 0 Å². The van der Waals surface area contributed by atoms with Crippen molar-refractivity contribution >= 4 is 12.0 Å². The van der Waals surface area contributed by atoms with Gasteiger partial charge in [0.25, 0.3) is 0 Å². The van der Waals surface area contributed by atoms with Crippen molar-refractivity contribution in [2.45, 2.75) is 19.4 Å². The minimum absolute atomic E-state index is 0.276. The van der Waals surface area contributed by atoms with Gasteiger partial charge in [0.2, 0.25) is 5.95 Å². The predicted octanol–water partition coefficient (Wildman–Crippen LogP) is 2.88. The number of carbonyl (C=O) groups excluding carboxylic acids is 1. The molecule has 1 atom stereocenters. The molecule has 7 heteroatoms. The first-order chi connectivity index (χ1) is 11.7. The van der Waals surface area contributed by atoms with Crippen LogP contribution in [-0.4, -0.2) is 20.8 Å². The molecule has 0 saturated heterocycles. The molecule has 0 aliphatic rings. The Morgan fingerprint density at radius 3 is 2.67 bits per heavy atom. The molecule has 124 valence electrons. The van der Waals surface area contributed by atoms with E-state index in [1.807, 2.05) is 43.3 Å². The number of amides is 2. The number of furan rings is 1. The second-order valence-corrected chi connectivity index (χ2v) is 5.29. The maximum absolute atomic E-state index is 12.3. The number of urea groups is 1. The highest BCUT2D eigenvalue weighted by molar-refractivity contribution is 5.87. The molecule has 0 aliphatic heterocycles. The van der Waals surface area contributed by atoms with Gasteiger partial charge in [0.05, 0.1) is 6.26 Å². The van der Waals surface area contributed by atoms with E-state index in [2.05, 4.69) is 20.7 Å². The lowest BCUT2D eigenvalue weighted by Crippen LogP contribution is -2.33. The number of aromatic nitrogens is 3. The Labute approximate surface area is 139 Å². The summed E-state index contributed by atoms with van der Waals surface area (Å²) in [5, 5.41) is 9.74. The molecule has 0 bridgehead atoms. The predicted molar refractivity (Wildman–Crippen MR) is 89.5 cm³/mol. The molecule has 2 N–H and O–H groups in total. The molecule has 2 amide bonds. The van der Waals surface area contributed by atoms with Crippen LogP contribution in [0.4, 0.5) is 10.7 Å². The fraction of sp³-hybridized carbons (Fsp3) is 0.235. The van der Waals surface area contributed by atoms with Crippen LogP contribution in [-0.2, 0) is 13.5 Å². The van der Waals surface area contributed by atoms with Gasteiger partial charge in [-0.2, -0.15) is 4.98 Å². The molecule has 1 unspecified atom stereocenters. The van der Waals surface area contributed by atoms with Crippen molar-refractivity contribution in [1.29, 1.82) is 0 Å². The van der Waals surface area contributed by atoms with Gasteiger partial charge in [-0.1, -0.05) is 37.3 Å². The lowest BCUT2D eigenvalue weighted by molar-refractivity contribution is 0.248. The van der Waals surface area contributed by atoms with Gasteiger partial charge in [-0.25, -0.2) is 4.79 Å². The number of anilines is 1. The number of nitrogens with zero attached hydrogens (tertiary/aromatic N) is 3. The van der Waals surface area contributed by atoms with Crippen LogP contribution in [0.3, 0.4) is 0 Å². The monoisotopic (exact) mass is 325 g/mol. The van der Waals surface area contributed by atoms with Gasteiger partial charge in [0.15, 0.2) is 0 Å². The lowest BCUT2D eigenvalue weighted by atomic mass is 10.1. The average Bonchev–Trinajstić information content (AvgIpc) is 3.23. The Balaban J connectivity index is 1.76. The van der Waals surface area contributed by atoms with E-state index in [0.29, 0.717) is 5.76 Å². The van der Waals surface area contributed by atoms with E-state index in [9.17, 15) is 4.79 Å². The van der Waals surface area contributed by atoms with E-state index < -0.39 is 12.1 Å². The minimum atomic E-state index is -0.395. The molecule has 2 heterocycles. The van der Waals surface area contributed by atoms with Gasteiger partial charge in [-0.15, -0.1) is 5.10 Å². The average molecular weight is 325 g/mol. The van der Waals surface area contributed by atoms with E-state index in [1.165, 1.54) is 0 Å². The molecular formula is C17H19N5O2. The second kappa shape index (κ2) is 6.99. The number of benzene rings is 1. The third kappa shape index (κ3) is 3.45. The molecule has 24 heavy (non-hydrogen) atoms. The van der Waals surface area contributed by atoms with Crippen LogP contribution in [0.5, 0.6) is 0 Å². The largest absolute Gasteiger partial charge is 0.467 e. The smallest absolute Gasteiger partial charge is 0.322 e. The van der Waals surface area contributed by atoms with Crippen molar-refractivity contribution in [2.24, 2.45) is 7.05 Å². The Hall–Kier alpha value is -3.09. The van der Waals surface area contributed by atoms with Crippen LogP contribution >= 0.6 is 0 Å². The maximum atomic E-state index is 12.3.